The molecule has 0 saturated heterocycles. The van der Waals surface area contributed by atoms with Crippen LogP contribution in [0.1, 0.15) is 12.8 Å². The maximum absolute atomic E-state index is 10.2. The zero-order valence-electron chi connectivity index (χ0n) is 5.72. The molecular formula is C5H6NNaO3. The summed E-state index contributed by atoms with van der Waals surface area (Å²) < 4.78 is 0. The minimum absolute atomic E-state index is 0. The van der Waals surface area contributed by atoms with E-state index in [1.807, 2.05) is 0 Å². The van der Waals surface area contributed by atoms with E-state index in [1.165, 1.54) is 0 Å². The van der Waals surface area contributed by atoms with Crippen molar-refractivity contribution >= 4 is 11.9 Å². The Kier molecular flexibility index (Phi) is 3.93. The summed E-state index contributed by atoms with van der Waals surface area (Å²) in [6, 6.07) is 0.0930. The minimum atomic E-state index is -1.65. The number of nitrogens with one attached hydrogen (secondary N) is 1. The molecule has 0 aromatic rings. The molecule has 1 fully saturated rings. The van der Waals surface area contributed by atoms with Gasteiger partial charge in [0.25, 0.3) is 5.91 Å². The van der Waals surface area contributed by atoms with Crippen molar-refractivity contribution in [2.24, 2.45) is 0 Å². The van der Waals surface area contributed by atoms with Crippen molar-refractivity contribution in [2.75, 3.05) is 0 Å². The van der Waals surface area contributed by atoms with Crippen molar-refractivity contribution in [3.63, 3.8) is 0 Å². The fourth-order valence-electron chi connectivity index (χ4n) is 0.472. The average molecular weight is 151 g/mol. The number of amides is 1. The van der Waals surface area contributed by atoms with Crippen LogP contribution in [-0.4, -0.2) is 17.9 Å². The van der Waals surface area contributed by atoms with E-state index < -0.39 is 11.9 Å². The Morgan fingerprint density at radius 2 is 1.90 bits per heavy atom. The molecule has 4 nitrogen and oxygen atoms in total. The number of carboxylic acids is 1. The third-order valence-electron chi connectivity index (χ3n) is 1.10. The van der Waals surface area contributed by atoms with Crippen molar-refractivity contribution in [2.45, 2.75) is 18.9 Å². The monoisotopic (exact) mass is 151 g/mol. The first kappa shape index (κ1) is 9.94. The topological polar surface area (TPSA) is 69.2 Å². The van der Waals surface area contributed by atoms with Gasteiger partial charge in [0.05, 0.1) is 0 Å². The first-order chi connectivity index (χ1) is 4.20. The summed E-state index contributed by atoms with van der Waals surface area (Å²) in [5.41, 5.74) is 0. The van der Waals surface area contributed by atoms with Crippen molar-refractivity contribution in [3.8, 4) is 0 Å². The number of aliphatic carboxylic acids is 1. The van der Waals surface area contributed by atoms with E-state index in [2.05, 4.69) is 5.32 Å². The van der Waals surface area contributed by atoms with Crippen LogP contribution < -0.4 is 40.0 Å². The Balaban J connectivity index is 0.000000810. The van der Waals surface area contributed by atoms with Crippen LogP contribution in [0, 0.1) is 0 Å². The van der Waals surface area contributed by atoms with E-state index in [4.69, 9.17) is 0 Å². The number of carbonyl (C=O) groups excluding carboxylic acids is 2. The standard InChI is InChI=1S/C5H7NO3.Na/c7-4(5(8)9)6-3-1-2-3;/h3H,1-2H2,(H,6,7)(H,8,9);/q;+1/p-1. The first-order valence-electron chi connectivity index (χ1n) is 2.72. The summed E-state index contributed by atoms with van der Waals surface area (Å²) in [6.45, 7) is 0. The molecule has 0 aromatic carbocycles. The van der Waals surface area contributed by atoms with Gasteiger partial charge in [0.1, 0.15) is 5.97 Å². The normalized spacial score (nSPS) is 15.2. The molecule has 0 aliphatic heterocycles. The second-order valence-corrected chi connectivity index (χ2v) is 2.04. The van der Waals surface area contributed by atoms with Gasteiger partial charge in [0.2, 0.25) is 0 Å². The van der Waals surface area contributed by atoms with Gasteiger partial charge in [-0.3, -0.25) is 4.79 Å². The molecule has 5 heteroatoms. The fraction of sp³-hybridized carbons (Fsp3) is 0.600. The predicted molar refractivity (Wildman–Crippen MR) is 26.2 cm³/mol. The van der Waals surface area contributed by atoms with Crippen LogP contribution in [0.4, 0.5) is 0 Å². The third kappa shape index (κ3) is 3.20. The minimum Gasteiger partial charge on any atom is -0.540 e. The van der Waals surface area contributed by atoms with E-state index in [0.717, 1.165) is 12.8 Å². The second-order valence-electron chi connectivity index (χ2n) is 2.04. The molecular weight excluding hydrogens is 145 g/mol. The number of rotatable bonds is 1. The van der Waals surface area contributed by atoms with Crippen LogP contribution in [0.25, 0.3) is 0 Å². The van der Waals surface area contributed by atoms with Crippen LogP contribution in [0.15, 0.2) is 0 Å². The first-order valence-corrected chi connectivity index (χ1v) is 2.72. The Morgan fingerprint density at radius 3 is 2.20 bits per heavy atom. The van der Waals surface area contributed by atoms with Crippen LogP contribution in [0.5, 0.6) is 0 Å². The number of hydrogen-bond donors (Lipinski definition) is 1. The maximum Gasteiger partial charge on any atom is 1.00 e. The Hall–Kier alpha value is -0.0600. The number of hydrogen-bond acceptors (Lipinski definition) is 3. The van der Waals surface area contributed by atoms with Gasteiger partial charge in [-0.25, -0.2) is 0 Å². The maximum atomic E-state index is 10.2. The van der Waals surface area contributed by atoms with Crippen molar-refractivity contribution in [1.82, 2.24) is 5.32 Å². The van der Waals surface area contributed by atoms with Crippen LogP contribution in [-0.2, 0) is 9.59 Å². The fourth-order valence-corrected chi connectivity index (χ4v) is 0.472. The summed E-state index contributed by atoms with van der Waals surface area (Å²) in [7, 11) is 0. The third-order valence-corrected chi connectivity index (χ3v) is 1.10. The van der Waals surface area contributed by atoms with E-state index in [-0.39, 0.29) is 35.6 Å². The average Bonchev–Trinajstić information content (AvgIpc) is 2.50. The zero-order valence-corrected chi connectivity index (χ0v) is 7.72. The smallest absolute Gasteiger partial charge is 0.540 e. The summed E-state index contributed by atoms with van der Waals surface area (Å²) in [5, 5.41) is 12.0. The molecule has 0 atom stereocenters. The molecule has 10 heavy (non-hydrogen) atoms. The van der Waals surface area contributed by atoms with Crippen molar-refractivity contribution in [1.29, 1.82) is 0 Å². The molecule has 1 saturated carbocycles. The zero-order chi connectivity index (χ0) is 6.85. The van der Waals surface area contributed by atoms with Gasteiger partial charge < -0.3 is 15.2 Å². The predicted octanol–water partition coefficient (Wildman–Crippen LogP) is -4.98. The molecule has 0 heterocycles. The van der Waals surface area contributed by atoms with Crippen LogP contribution in [0.2, 0.25) is 0 Å². The molecule has 50 valence electrons. The molecule has 0 spiro atoms. The van der Waals surface area contributed by atoms with Crippen LogP contribution >= 0.6 is 0 Å². The molecule has 0 radical (unpaired) electrons. The van der Waals surface area contributed by atoms with Crippen molar-refractivity contribution < 1.29 is 44.3 Å². The molecule has 1 aliphatic carbocycles. The van der Waals surface area contributed by atoms with E-state index >= 15 is 0 Å². The molecule has 1 N–H and O–H groups in total. The van der Waals surface area contributed by atoms with Gasteiger partial charge in [0, 0.05) is 6.04 Å². The summed E-state index contributed by atoms with van der Waals surface area (Å²) in [4.78, 5) is 20.0. The van der Waals surface area contributed by atoms with E-state index in [0.29, 0.717) is 0 Å². The van der Waals surface area contributed by atoms with E-state index in [1.54, 1.807) is 0 Å². The van der Waals surface area contributed by atoms with Crippen LogP contribution in [0.3, 0.4) is 0 Å². The van der Waals surface area contributed by atoms with Gasteiger partial charge >= 0.3 is 29.6 Å². The molecule has 1 aliphatic rings. The Labute approximate surface area is 80.3 Å². The summed E-state index contributed by atoms with van der Waals surface area (Å²) in [6.07, 6.45) is 1.78. The van der Waals surface area contributed by atoms with E-state index in [9.17, 15) is 14.7 Å². The second kappa shape index (κ2) is 3.95. The summed E-state index contributed by atoms with van der Waals surface area (Å²) in [5.74, 6) is -2.65. The van der Waals surface area contributed by atoms with Gasteiger partial charge in [-0.05, 0) is 12.8 Å². The molecule has 0 bridgehead atoms. The molecule has 0 aromatic heterocycles. The quantitative estimate of drug-likeness (QED) is 0.301. The van der Waals surface area contributed by atoms with Crippen molar-refractivity contribution in [3.05, 3.63) is 0 Å². The number of carboxylic acid groups (broad SMARTS) is 1. The largest absolute Gasteiger partial charge is 1.00 e. The summed E-state index contributed by atoms with van der Waals surface area (Å²) >= 11 is 0. The molecule has 1 rings (SSSR count). The van der Waals surface area contributed by atoms with Gasteiger partial charge in [-0.1, -0.05) is 0 Å². The Morgan fingerprint density at radius 1 is 1.40 bits per heavy atom. The SMILES string of the molecule is O=C([O-])C(=O)NC1CC1.[Na+]. The van der Waals surface area contributed by atoms with Gasteiger partial charge in [-0.15, -0.1) is 0 Å². The van der Waals surface area contributed by atoms with Gasteiger partial charge in [-0.2, -0.15) is 0 Å². The number of carbonyl (C=O) groups is 2. The molecule has 0 unspecified atom stereocenters. The molecule has 1 amide bonds. The van der Waals surface area contributed by atoms with Gasteiger partial charge in [0.15, 0.2) is 0 Å². The Bertz CT molecular complexity index is 155.